The zero-order valence-electron chi connectivity index (χ0n) is 15.4. The second-order valence-electron chi connectivity index (χ2n) is 5.97. The third-order valence-electron chi connectivity index (χ3n) is 3.86. The lowest BCUT2D eigenvalue weighted by Gasteiger charge is -2.14. The number of amides is 1. The maximum atomic E-state index is 13.2. The molecule has 0 aliphatic rings. The molecule has 0 unspecified atom stereocenters. The van der Waals surface area contributed by atoms with Crippen molar-refractivity contribution >= 4 is 35.0 Å². The molecule has 1 aromatic carbocycles. The smallest absolute Gasteiger partial charge is 0.325 e. The number of thioether (sulfide) groups is 1. The monoisotopic (exact) mass is 453 g/mol. The fourth-order valence-electron chi connectivity index (χ4n) is 2.58. The van der Waals surface area contributed by atoms with Crippen LogP contribution in [0.2, 0.25) is 5.02 Å². The first kappa shape index (κ1) is 21.8. The number of carbonyl (C=O) groups excluding carboxylic acids is 1. The Kier molecular flexibility index (Phi) is 6.78. The zero-order chi connectivity index (χ0) is 21.7. The van der Waals surface area contributed by atoms with E-state index in [1.54, 1.807) is 35.2 Å². The van der Waals surface area contributed by atoms with Gasteiger partial charge in [-0.3, -0.25) is 14.3 Å². The summed E-state index contributed by atoms with van der Waals surface area (Å²) < 4.78 is 41.3. The fraction of sp³-hybridized carbons (Fsp3) is 0.158. The number of anilines is 1. The van der Waals surface area contributed by atoms with E-state index in [1.165, 1.54) is 6.07 Å². The number of pyridine rings is 1. The molecule has 0 saturated carbocycles. The largest absolute Gasteiger partial charge is 0.418 e. The normalized spacial score (nSPS) is 11.3. The van der Waals surface area contributed by atoms with E-state index in [4.69, 9.17) is 11.6 Å². The lowest BCUT2D eigenvalue weighted by molar-refractivity contribution is -0.137. The molecule has 0 atom stereocenters. The molecule has 30 heavy (non-hydrogen) atoms. The van der Waals surface area contributed by atoms with Crippen molar-refractivity contribution in [3.8, 4) is 11.4 Å². The van der Waals surface area contributed by atoms with Gasteiger partial charge in [-0.25, -0.2) is 0 Å². The summed E-state index contributed by atoms with van der Waals surface area (Å²) in [7, 11) is 0. The molecule has 6 nitrogen and oxygen atoms in total. The van der Waals surface area contributed by atoms with Crippen LogP contribution in [0.3, 0.4) is 0 Å². The average Bonchev–Trinajstić information content (AvgIpc) is 3.10. The number of benzene rings is 1. The van der Waals surface area contributed by atoms with Crippen LogP contribution >= 0.6 is 23.4 Å². The molecule has 1 amide bonds. The summed E-state index contributed by atoms with van der Waals surface area (Å²) in [4.78, 5) is 16.2. The van der Waals surface area contributed by atoms with Crippen LogP contribution in [0.15, 0.2) is 60.5 Å². The molecule has 0 aliphatic carbocycles. The summed E-state index contributed by atoms with van der Waals surface area (Å²) in [6.45, 7) is 4.10. The van der Waals surface area contributed by atoms with Gasteiger partial charge in [-0.05, 0) is 30.3 Å². The topological polar surface area (TPSA) is 72.7 Å². The van der Waals surface area contributed by atoms with Crippen molar-refractivity contribution in [3.63, 3.8) is 0 Å². The van der Waals surface area contributed by atoms with Crippen LogP contribution in [0, 0.1) is 0 Å². The molecule has 0 bridgehead atoms. The predicted octanol–water partition coefficient (Wildman–Crippen LogP) is 4.93. The van der Waals surface area contributed by atoms with Crippen LogP contribution in [0.5, 0.6) is 0 Å². The Balaban J connectivity index is 1.75. The lowest BCUT2D eigenvalue weighted by Crippen LogP contribution is -2.18. The van der Waals surface area contributed by atoms with Crippen molar-refractivity contribution in [1.29, 1.82) is 0 Å². The summed E-state index contributed by atoms with van der Waals surface area (Å²) in [6.07, 6.45) is 0.242. The van der Waals surface area contributed by atoms with E-state index in [9.17, 15) is 18.0 Å². The number of hydrogen-bond donors (Lipinski definition) is 1. The molecular weight excluding hydrogens is 439 g/mol. The van der Waals surface area contributed by atoms with Gasteiger partial charge < -0.3 is 5.32 Å². The number of halogens is 4. The van der Waals surface area contributed by atoms with E-state index in [1.807, 2.05) is 0 Å². The maximum Gasteiger partial charge on any atom is 0.418 e. The van der Waals surface area contributed by atoms with Gasteiger partial charge in [0, 0.05) is 29.5 Å². The summed E-state index contributed by atoms with van der Waals surface area (Å²) >= 11 is 6.71. The Labute approximate surface area is 179 Å². The van der Waals surface area contributed by atoms with Crippen LogP contribution in [-0.2, 0) is 17.5 Å². The summed E-state index contributed by atoms with van der Waals surface area (Å²) in [5.41, 5.74) is -0.586. The van der Waals surface area contributed by atoms with Gasteiger partial charge in [-0.2, -0.15) is 13.2 Å². The maximum absolute atomic E-state index is 13.2. The fourth-order valence-corrected chi connectivity index (χ4v) is 3.50. The first-order valence-electron chi connectivity index (χ1n) is 8.53. The Hall–Kier alpha value is -2.85. The second-order valence-corrected chi connectivity index (χ2v) is 7.34. The number of alkyl halides is 3. The minimum absolute atomic E-state index is 0.0733. The number of hydrogen-bond acceptors (Lipinski definition) is 5. The molecule has 2 heterocycles. The highest BCUT2D eigenvalue weighted by atomic mass is 35.5. The number of carbonyl (C=O) groups is 1. The molecule has 0 fully saturated rings. The molecule has 2 aromatic heterocycles. The summed E-state index contributed by atoms with van der Waals surface area (Å²) in [6, 6.07) is 6.71. The highest BCUT2D eigenvalue weighted by Gasteiger charge is 2.34. The van der Waals surface area contributed by atoms with Gasteiger partial charge in [0.25, 0.3) is 0 Å². The molecular formula is C19H15ClF3N5OS. The van der Waals surface area contributed by atoms with Crippen molar-refractivity contribution in [2.24, 2.45) is 0 Å². The third kappa shape index (κ3) is 5.19. The molecule has 3 aromatic rings. The highest BCUT2D eigenvalue weighted by molar-refractivity contribution is 7.99. The Morgan fingerprint density at radius 2 is 1.97 bits per heavy atom. The van der Waals surface area contributed by atoms with Gasteiger partial charge in [0.2, 0.25) is 5.91 Å². The van der Waals surface area contributed by atoms with E-state index in [0.717, 1.165) is 29.5 Å². The molecule has 0 spiro atoms. The number of rotatable bonds is 7. The van der Waals surface area contributed by atoms with E-state index in [2.05, 4.69) is 27.1 Å². The standard InChI is InChI=1S/C19H15ClF3N5OS/c1-2-9-28-17(12-5-7-24-8-6-12)26-27-18(28)30-11-16(29)25-15-4-3-13(20)10-14(15)19(21,22)23/h2-8,10H,1,9,11H2,(H,25,29). The minimum Gasteiger partial charge on any atom is -0.325 e. The molecule has 0 saturated heterocycles. The van der Waals surface area contributed by atoms with Crippen molar-refractivity contribution in [2.75, 3.05) is 11.1 Å². The first-order chi connectivity index (χ1) is 14.3. The van der Waals surface area contributed by atoms with Crippen molar-refractivity contribution in [1.82, 2.24) is 19.7 Å². The second kappa shape index (κ2) is 9.31. The SMILES string of the molecule is C=CCn1c(SCC(=O)Nc2ccc(Cl)cc2C(F)(F)F)nnc1-c1ccncc1. The number of nitrogens with one attached hydrogen (secondary N) is 1. The van der Waals surface area contributed by atoms with Crippen LogP contribution < -0.4 is 5.32 Å². The van der Waals surface area contributed by atoms with E-state index >= 15 is 0 Å². The van der Waals surface area contributed by atoms with E-state index in [-0.39, 0.29) is 16.5 Å². The van der Waals surface area contributed by atoms with Crippen molar-refractivity contribution in [3.05, 3.63) is 66.0 Å². The van der Waals surface area contributed by atoms with Gasteiger partial charge in [0.05, 0.1) is 17.0 Å². The number of allylic oxidation sites excluding steroid dienone is 1. The van der Waals surface area contributed by atoms with Gasteiger partial charge in [-0.1, -0.05) is 29.4 Å². The molecule has 3 rings (SSSR count). The highest BCUT2D eigenvalue weighted by Crippen LogP contribution is 2.36. The van der Waals surface area contributed by atoms with Gasteiger partial charge >= 0.3 is 6.18 Å². The van der Waals surface area contributed by atoms with Crippen LogP contribution in [-0.4, -0.2) is 31.4 Å². The number of nitrogens with zero attached hydrogens (tertiary/aromatic N) is 4. The van der Waals surface area contributed by atoms with Gasteiger partial charge in [-0.15, -0.1) is 16.8 Å². The van der Waals surface area contributed by atoms with E-state index in [0.29, 0.717) is 17.5 Å². The molecule has 11 heteroatoms. The zero-order valence-corrected chi connectivity index (χ0v) is 16.9. The number of aromatic nitrogens is 4. The molecule has 156 valence electrons. The summed E-state index contributed by atoms with van der Waals surface area (Å²) in [5, 5.41) is 10.9. The van der Waals surface area contributed by atoms with Crippen LogP contribution in [0.25, 0.3) is 11.4 Å². The van der Waals surface area contributed by atoms with Crippen LogP contribution in [0.1, 0.15) is 5.56 Å². The Morgan fingerprint density at radius 1 is 1.23 bits per heavy atom. The van der Waals surface area contributed by atoms with Gasteiger partial charge in [0.1, 0.15) is 0 Å². The predicted molar refractivity (Wildman–Crippen MR) is 109 cm³/mol. The Bertz CT molecular complexity index is 1060. The van der Waals surface area contributed by atoms with Crippen LogP contribution in [0.4, 0.5) is 18.9 Å². The minimum atomic E-state index is -4.65. The first-order valence-corrected chi connectivity index (χ1v) is 9.90. The summed E-state index contributed by atoms with van der Waals surface area (Å²) in [5.74, 6) is -0.213. The van der Waals surface area contributed by atoms with Crippen molar-refractivity contribution in [2.45, 2.75) is 17.9 Å². The molecule has 0 aliphatic heterocycles. The quantitative estimate of drug-likeness (QED) is 0.405. The third-order valence-corrected chi connectivity index (χ3v) is 5.06. The Morgan fingerprint density at radius 3 is 2.63 bits per heavy atom. The van der Waals surface area contributed by atoms with Gasteiger partial charge in [0.15, 0.2) is 11.0 Å². The van der Waals surface area contributed by atoms with E-state index < -0.39 is 17.6 Å². The lowest BCUT2D eigenvalue weighted by atomic mass is 10.1. The average molecular weight is 454 g/mol. The van der Waals surface area contributed by atoms with Crippen molar-refractivity contribution < 1.29 is 18.0 Å². The molecule has 0 radical (unpaired) electrons. The molecule has 1 N–H and O–H groups in total.